The Morgan fingerprint density at radius 3 is 2.49 bits per heavy atom. The van der Waals surface area contributed by atoms with E-state index in [1.807, 2.05) is 37.3 Å². The molecule has 0 saturated carbocycles. The summed E-state index contributed by atoms with van der Waals surface area (Å²) in [6.07, 6.45) is 0. The van der Waals surface area contributed by atoms with Gasteiger partial charge in [-0.3, -0.25) is 4.79 Å². The second-order valence-electron chi connectivity index (χ2n) is 7.99. The molecule has 0 spiro atoms. The number of ketones is 1. The van der Waals surface area contributed by atoms with Gasteiger partial charge in [-0.1, -0.05) is 30.3 Å². The van der Waals surface area contributed by atoms with E-state index in [1.165, 1.54) is 7.11 Å². The van der Waals surface area contributed by atoms with Gasteiger partial charge in [-0.2, -0.15) is 0 Å². The number of carbonyl (C=O) groups is 2. The van der Waals surface area contributed by atoms with Crippen molar-refractivity contribution in [2.45, 2.75) is 20.5 Å². The van der Waals surface area contributed by atoms with E-state index in [4.69, 9.17) is 23.4 Å². The van der Waals surface area contributed by atoms with Gasteiger partial charge in [-0.05, 0) is 50.2 Å². The van der Waals surface area contributed by atoms with Gasteiger partial charge < -0.3 is 23.4 Å². The molecule has 0 aliphatic heterocycles. The lowest BCUT2D eigenvalue weighted by Crippen LogP contribution is -2.16. The van der Waals surface area contributed by atoms with Crippen molar-refractivity contribution in [3.05, 3.63) is 95.4 Å². The fourth-order valence-corrected chi connectivity index (χ4v) is 3.58. The van der Waals surface area contributed by atoms with Crippen LogP contribution in [0.2, 0.25) is 0 Å². The molecule has 0 amide bonds. The van der Waals surface area contributed by atoms with Gasteiger partial charge in [0.25, 0.3) is 0 Å². The maximum Gasteiger partial charge on any atom is 0.344 e. The normalized spacial score (nSPS) is 10.6. The van der Waals surface area contributed by atoms with E-state index in [1.54, 1.807) is 49.4 Å². The third kappa shape index (κ3) is 6.35. The zero-order valence-corrected chi connectivity index (χ0v) is 20.9. The highest BCUT2D eigenvalue weighted by atomic mass is 16.6. The molecule has 37 heavy (non-hydrogen) atoms. The minimum Gasteiger partial charge on any atom is -0.497 e. The largest absolute Gasteiger partial charge is 0.497 e. The number of nitrogens with zero attached hydrogens (tertiary/aromatic N) is 1. The number of aromatic nitrogens is 1. The molecule has 190 valence electrons. The van der Waals surface area contributed by atoms with Crippen LogP contribution in [0.15, 0.2) is 77.2 Å². The smallest absolute Gasteiger partial charge is 0.344 e. The Balaban J connectivity index is 1.50. The minimum atomic E-state index is -0.530. The molecule has 1 aromatic heterocycles. The number of methoxy groups -OCH3 is 1. The van der Waals surface area contributed by atoms with Gasteiger partial charge in [-0.25, -0.2) is 9.78 Å². The van der Waals surface area contributed by atoms with E-state index in [9.17, 15) is 9.59 Å². The molecule has 3 aromatic carbocycles. The molecule has 4 aromatic rings. The van der Waals surface area contributed by atoms with Crippen LogP contribution in [0.5, 0.6) is 17.2 Å². The van der Waals surface area contributed by atoms with Crippen LogP contribution in [0.4, 0.5) is 0 Å². The highest BCUT2D eigenvalue weighted by molar-refractivity contribution is 6.11. The Labute approximate surface area is 214 Å². The van der Waals surface area contributed by atoms with Crippen LogP contribution in [0.25, 0.3) is 11.5 Å². The van der Waals surface area contributed by atoms with Gasteiger partial charge in [0.15, 0.2) is 12.4 Å². The molecule has 4 rings (SSSR count). The summed E-state index contributed by atoms with van der Waals surface area (Å²) in [6, 6.07) is 21.3. The van der Waals surface area contributed by atoms with Crippen molar-refractivity contribution in [2.24, 2.45) is 0 Å². The first-order valence-electron chi connectivity index (χ1n) is 11.7. The first-order valence-corrected chi connectivity index (χ1v) is 11.7. The predicted molar refractivity (Wildman–Crippen MR) is 136 cm³/mol. The molecule has 0 bridgehead atoms. The van der Waals surface area contributed by atoms with Crippen LogP contribution in [-0.4, -0.2) is 37.1 Å². The second-order valence-corrected chi connectivity index (χ2v) is 7.99. The number of benzene rings is 3. The third-order valence-corrected chi connectivity index (χ3v) is 5.47. The summed E-state index contributed by atoms with van der Waals surface area (Å²) in [5, 5.41) is 0. The van der Waals surface area contributed by atoms with Gasteiger partial charge in [0.05, 0.1) is 19.3 Å². The number of esters is 1. The van der Waals surface area contributed by atoms with Gasteiger partial charge in [0.1, 0.15) is 35.3 Å². The molecule has 0 atom stereocenters. The molecule has 8 nitrogen and oxygen atoms in total. The predicted octanol–water partition coefficient (Wildman–Crippen LogP) is 5.41. The average Bonchev–Trinajstić information content (AvgIpc) is 3.31. The van der Waals surface area contributed by atoms with Crippen LogP contribution >= 0.6 is 0 Å². The van der Waals surface area contributed by atoms with E-state index in [0.717, 1.165) is 5.56 Å². The topological polar surface area (TPSA) is 97.1 Å². The monoisotopic (exact) mass is 501 g/mol. The van der Waals surface area contributed by atoms with Crippen LogP contribution in [0, 0.1) is 6.92 Å². The molecule has 0 fully saturated rings. The van der Waals surface area contributed by atoms with Crippen molar-refractivity contribution in [3.63, 3.8) is 0 Å². The summed E-state index contributed by atoms with van der Waals surface area (Å²) in [4.78, 5) is 29.7. The Hall–Kier alpha value is -4.59. The van der Waals surface area contributed by atoms with E-state index < -0.39 is 5.97 Å². The summed E-state index contributed by atoms with van der Waals surface area (Å²) in [6.45, 7) is 3.63. The minimum absolute atomic E-state index is 0.177. The van der Waals surface area contributed by atoms with Crippen molar-refractivity contribution in [1.29, 1.82) is 0 Å². The summed E-state index contributed by atoms with van der Waals surface area (Å²) in [5.74, 6) is 1.56. The number of hydrogen-bond acceptors (Lipinski definition) is 8. The number of rotatable bonds is 11. The van der Waals surface area contributed by atoms with E-state index in [-0.39, 0.29) is 36.9 Å². The van der Waals surface area contributed by atoms with Crippen molar-refractivity contribution in [3.8, 4) is 28.7 Å². The number of oxazole rings is 1. The van der Waals surface area contributed by atoms with Crippen molar-refractivity contribution in [1.82, 2.24) is 4.98 Å². The van der Waals surface area contributed by atoms with Crippen LogP contribution in [0.3, 0.4) is 0 Å². The zero-order chi connectivity index (χ0) is 26.2. The quantitative estimate of drug-likeness (QED) is 0.199. The molecule has 0 aliphatic rings. The Bertz CT molecular complexity index is 1380. The lowest BCUT2D eigenvalue weighted by atomic mass is 10.0. The van der Waals surface area contributed by atoms with Crippen molar-refractivity contribution >= 4 is 11.8 Å². The number of carbonyl (C=O) groups excluding carboxylic acids is 2. The molecule has 0 radical (unpaired) electrons. The van der Waals surface area contributed by atoms with Crippen LogP contribution < -0.4 is 14.2 Å². The summed E-state index contributed by atoms with van der Waals surface area (Å²) in [7, 11) is 1.51. The van der Waals surface area contributed by atoms with Crippen LogP contribution in [-0.2, 0) is 16.1 Å². The van der Waals surface area contributed by atoms with Crippen molar-refractivity contribution in [2.75, 3.05) is 20.3 Å². The van der Waals surface area contributed by atoms with Crippen molar-refractivity contribution < 1.29 is 33.0 Å². The lowest BCUT2D eigenvalue weighted by molar-refractivity contribution is -0.145. The molecule has 1 heterocycles. The summed E-state index contributed by atoms with van der Waals surface area (Å²) in [5.41, 5.74) is 2.22. The molecule has 0 saturated heterocycles. The number of ether oxygens (including phenoxy) is 4. The SMILES string of the molecule is CCOC(=O)COc1cc(OC)ccc1C(=O)c1cccc(OCc2nc(-c3ccccc3)oc2C)c1. The summed E-state index contributed by atoms with van der Waals surface area (Å²) < 4.78 is 27.5. The Kier molecular flexibility index (Phi) is 8.20. The molecule has 8 heteroatoms. The summed E-state index contributed by atoms with van der Waals surface area (Å²) >= 11 is 0. The number of aryl methyl sites for hydroxylation is 1. The Morgan fingerprint density at radius 2 is 1.73 bits per heavy atom. The molecule has 0 N–H and O–H groups in total. The zero-order valence-electron chi connectivity index (χ0n) is 20.9. The standard InChI is InChI=1S/C29H27NO7/c1-4-34-27(31)18-36-26-16-22(33-3)13-14-24(26)28(32)21-11-8-12-23(15-21)35-17-25-19(2)37-29(30-25)20-9-6-5-7-10-20/h5-16H,4,17-18H2,1-3H3. The third-order valence-electron chi connectivity index (χ3n) is 5.47. The number of hydrogen-bond donors (Lipinski definition) is 0. The first-order chi connectivity index (χ1) is 18.0. The lowest BCUT2D eigenvalue weighted by Gasteiger charge is -2.13. The van der Waals surface area contributed by atoms with E-state index in [2.05, 4.69) is 4.98 Å². The van der Waals surface area contributed by atoms with E-state index in [0.29, 0.717) is 34.4 Å². The molecular weight excluding hydrogens is 474 g/mol. The van der Waals surface area contributed by atoms with Gasteiger partial charge >= 0.3 is 5.97 Å². The fourth-order valence-electron chi connectivity index (χ4n) is 3.58. The first kappa shape index (κ1) is 25.5. The molecule has 0 aliphatic carbocycles. The Morgan fingerprint density at radius 1 is 0.919 bits per heavy atom. The highest BCUT2D eigenvalue weighted by Gasteiger charge is 2.18. The van der Waals surface area contributed by atoms with Gasteiger partial charge in [-0.15, -0.1) is 0 Å². The van der Waals surface area contributed by atoms with Crippen LogP contribution in [0.1, 0.15) is 34.3 Å². The van der Waals surface area contributed by atoms with Gasteiger partial charge in [0.2, 0.25) is 5.89 Å². The highest BCUT2D eigenvalue weighted by Crippen LogP contribution is 2.29. The molecular formula is C29H27NO7. The van der Waals surface area contributed by atoms with E-state index >= 15 is 0 Å². The molecule has 0 unspecified atom stereocenters. The maximum absolute atomic E-state index is 13.4. The fraction of sp³-hybridized carbons (Fsp3) is 0.207. The maximum atomic E-state index is 13.4. The average molecular weight is 502 g/mol. The van der Waals surface area contributed by atoms with Gasteiger partial charge in [0, 0.05) is 17.2 Å². The second kappa shape index (κ2) is 11.9.